The number of hydrogen-bond donors (Lipinski definition) is 0. The number of anilines is 1. The molecule has 0 aliphatic carbocycles. The van der Waals surface area contributed by atoms with Crippen LogP contribution >= 0.6 is 0 Å². The van der Waals surface area contributed by atoms with Crippen molar-refractivity contribution in [1.82, 2.24) is 19.9 Å². The maximum Gasteiger partial charge on any atom is 0.324 e. The largest absolute Gasteiger partial charge is 0.347 e. The zero-order chi connectivity index (χ0) is 19.0. The van der Waals surface area contributed by atoms with Gasteiger partial charge in [0.15, 0.2) is 0 Å². The Hall–Kier alpha value is -2.90. The minimum absolute atomic E-state index is 0.0211. The normalized spacial score (nSPS) is 22.1. The molecule has 1 aromatic heterocycles. The molecule has 3 fully saturated rings. The van der Waals surface area contributed by atoms with Crippen LogP contribution in [0, 0.1) is 5.92 Å². The molecule has 142 valence electrons. The molecular formula is C19H23N5O3. The van der Waals surface area contributed by atoms with Gasteiger partial charge in [-0.1, -0.05) is 35.5 Å². The van der Waals surface area contributed by atoms with Gasteiger partial charge in [0.1, 0.15) is 6.54 Å². The molecule has 0 saturated carbocycles. The third-order valence-corrected chi connectivity index (χ3v) is 5.32. The van der Waals surface area contributed by atoms with Crippen LogP contribution in [0.3, 0.4) is 0 Å². The number of piperidine rings is 1. The van der Waals surface area contributed by atoms with E-state index in [0.717, 1.165) is 18.4 Å². The van der Waals surface area contributed by atoms with Crippen LogP contribution in [0.5, 0.6) is 0 Å². The Morgan fingerprint density at radius 2 is 2.00 bits per heavy atom. The van der Waals surface area contributed by atoms with Crippen LogP contribution in [-0.2, 0) is 9.59 Å². The molecule has 2 amide bonds. The van der Waals surface area contributed by atoms with Gasteiger partial charge in [-0.3, -0.25) is 9.59 Å². The number of rotatable bonds is 4. The average Bonchev–Trinajstić information content (AvgIpc) is 3.01. The van der Waals surface area contributed by atoms with E-state index in [0.29, 0.717) is 24.9 Å². The lowest BCUT2D eigenvalue weighted by Crippen LogP contribution is -2.51. The van der Waals surface area contributed by atoms with Crippen LogP contribution in [0.15, 0.2) is 34.9 Å². The standard InChI is InChI=1S/C19H23N5O3/c1-22(2)16(25)12-24-15-9-8-14(18(24)26)10-23(11-15)19-20-17(21-27-19)13-6-4-3-5-7-13/h3-7,14-15H,8-12H2,1-2H3/t14-,15+/m1/s1. The molecule has 8 heteroatoms. The predicted octanol–water partition coefficient (Wildman–Crippen LogP) is 1.25. The Morgan fingerprint density at radius 3 is 2.74 bits per heavy atom. The summed E-state index contributed by atoms with van der Waals surface area (Å²) in [5.41, 5.74) is 0.888. The molecule has 3 saturated heterocycles. The Bertz CT molecular complexity index is 835. The van der Waals surface area contributed by atoms with Crippen LogP contribution in [0.25, 0.3) is 11.4 Å². The highest BCUT2D eigenvalue weighted by Gasteiger charge is 2.42. The third-order valence-electron chi connectivity index (χ3n) is 5.32. The number of likely N-dealkylation sites (N-methyl/N-ethyl adjacent to an activating group) is 1. The first-order valence-electron chi connectivity index (χ1n) is 9.17. The van der Waals surface area contributed by atoms with Crippen molar-refractivity contribution in [3.63, 3.8) is 0 Å². The van der Waals surface area contributed by atoms with E-state index >= 15 is 0 Å². The van der Waals surface area contributed by atoms with Crippen LogP contribution < -0.4 is 4.90 Å². The van der Waals surface area contributed by atoms with Crippen molar-refractivity contribution in [2.45, 2.75) is 18.9 Å². The molecule has 0 N–H and O–H groups in total. The van der Waals surface area contributed by atoms with E-state index in [4.69, 9.17) is 4.52 Å². The second-order valence-corrected chi connectivity index (χ2v) is 7.35. The second kappa shape index (κ2) is 7.02. The molecule has 1 aromatic carbocycles. The molecule has 2 bridgehead atoms. The highest BCUT2D eigenvalue weighted by Crippen LogP contribution is 2.31. The van der Waals surface area contributed by atoms with Crippen LogP contribution in [0.4, 0.5) is 6.01 Å². The summed E-state index contributed by atoms with van der Waals surface area (Å²) >= 11 is 0. The molecule has 3 aliphatic heterocycles. The topological polar surface area (TPSA) is 82.8 Å². The van der Waals surface area contributed by atoms with Gasteiger partial charge in [-0.05, 0) is 12.8 Å². The van der Waals surface area contributed by atoms with Crippen molar-refractivity contribution < 1.29 is 14.1 Å². The quantitative estimate of drug-likeness (QED) is 0.807. The lowest BCUT2D eigenvalue weighted by Gasteiger charge is -2.35. The van der Waals surface area contributed by atoms with Crippen molar-refractivity contribution in [3.05, 3.63) is 30.3 Å². The van der Waals surface area contributed by atoms with Crippen LogP contribution in [0.1, 0.15) is 12.8 Å². The molecule has 3 aliphatic rings. The fraction of sp³-hybridized carbons (Fsp3) is 0.474. The van der Waals surface area contributed by atoms with E-state index in [-0.39, 0.29) is 30.3 Å². The maximum absolute atomic E-state index is 12.8. The molecule has 8 nitrogen and oxygen atoms in total. The molecule has 0 radical (unpaired) electrons. The van der Waals surface area contributed by atoms with Gasteiger partial charge in [-0.25, -0.2) is 0 Å². The Kier molecular flexibility index (Phi) is 4.55. The number of amides is 2. The van der Waals surface area contributed by atoms with Gasteiger partial charge in [0, 0.05) is 38.8 Å². The Labute approximate surface area is 157 Å². The summed E-state index contributed by atoms with van der Waals surface area (Å²) in [4.78, 5) is 34.7. The summed E-state index contributed by atoms with van der Waals surface area (Å²) in [5, 5.41) is 4.09. The second-order valence-electron chi connectivity index (χ2n) is 7.35. The van der Waals surface area contributed by atoms with Gasteiger partial charge in [0.05, 0.1) is 5.92 Å². The minimum Gasteiger partial charge on any atom is -0.347 e. The maximum atomic E-state index is 12.8. The van der Waals surface area contributed by atoms with Crippen molar-refractivity contribution >= 4 is 17.8 Å². The number of nitrogens with zero attached hydrogens (tertiary/aromatic N) is 5. The fourth-order valence-electron chi connectivity index (χ4n) is 3.74. The monoisotopic (exact) mass is 369 g/mol. The van der Waals surface area contributed by atoms with Gasteiger partial charge in [-0.15, -0.1) is 0 Å². The summed E-state index contributed by atoms with van der Waals surface area (Å²) in [5.74, 6) is 0.373. The van der Waals surface area contributed by atoms with Crippen molar-refractivity contribution in [3.8, 4) is 11.4 Å². The predicted molar refractivity (Wildman–Crippen MR) is 98.9 cm³/mol. The van der Waals surface area contributed by atoms with E-state index in [1.807, 2.05) is 35.2 Å². The smallest absolute Gasteiger partial charge is 0.324 e. The van der Waals surface area contributed by atoms with E-state index in [2.05, 4.69) is 10.1 Å². The third kappa shape index (κ3) is 3.39. The Morgan fingerprint density at radius 1 is 1.22 bits per heavy atom. The van der Waals surface area contributed by atoms with Gasteiger partial charge in [-0.2, -0.15) is 4.98 Å². The van der Waals surface area contributed by atoms with E-state index in [1.165, 1.54) is 4.90 Å². The van der Waals surface area contributed by atoms with Crippen molar-refractivity contribution in [1.29, 1.82) is 0 Å². The summed E-state index contributed by atoms with van der Waals surface area (Å²) in [6.07, 6.45) is 1.71. The van der Waals surface area contributed by atoms with Gasteiger partial charge in [0.2, 0.25) is 17.6 Å². The molecule has 0 spiro atoms. The first-order valence-corrected chi connectivity index (χ1v) is 9.17. The van der Waals surface area contributed by atoms with Gasteiger partial charge >= 0.3 is 6.01 Å². The van der Waals surface area contributed by atoms with Crippen molar-refractivity contribution in [2.24, 2.45) is 5.92 Å². The summed E-state index contributed by atoms with van der Waals surface area (Å²) in [6, 6.07) is 10.1. The molecule has 0 unspecified atom stereocenters. The minimum atomic E-state index is -0.147. The number of benzene rings is 1. The molecule has 4 heterocycles. The summed E-state index contributed by atoms with van der Waals surface area (Å²) in [6.45, 7) is 1.26. The zero-order valence-corrected chi connectivity index (χ0v) is 15.5. The fourth-order valence-corrected chi connectivity index (χ4v) is 3.74. The first kappa shape index (κ1) is 17.5. The van der Waals surface area contributed by atoms with Crippen molar-refractivity contribution in [2.75, 3.05) is 38.6 Å². The van der Waals surface area contributed by atoms with Gasteiger partial charge < -0.3 is 19.2 Å². The molecule has 2 aromatic rings. The summed E-state index contributed by atoms with van der Waals surface area (Å²) < 4.78 is 5.49. The van der Waals surface area contributed by atoms with Crippen LogP contribution in [0.2, 0.25) is 0 Å². The molecular weight excluding hydrogens is 346 g/mol. The lowest BCUT2D eigenvalue weighted by atomic mass is 9.94. The zero-order valence-electron chi connectivity index (χ0n) is 15.5. The van der Waals surface area contributed by atoms with E-state index in [9.17, 15) is 9.59 Å². The molecule has 27 heavy (non-hydrogen) atoms. The van der Waals surface area contributed by atoms with Crippen LogP contribution in [-0.4, -0.2) is 71.5 Å². The number of aromatic nitrogens is 2. The number of fused-ring (bicyclic) bond motifs is 4. The molecule has 5 rings (SSSR count). The number of carbonyl (C=O) groups excluding carboxylic acids is 2. The average molecular weight is 369 g/mol. The first-order chi connectivity index (χ1) is 13.0. The summed E-state index contributed by atoms with van der Waals surface area (Å²) in [7, 11) is 3.41. The number of carbonyl (C=O) groups is 2. The van der Waals surface area contributed by atoms with E-state index in [1.54, 1.807) is 19.0 Å². The Balaban J connectivity index is 1.54. The van der Waals surface area contributed by atoms with Gasteiger partial charge in [0.25, 0.3) is 0 Å². The molecule has 2 atom stereocenters. The lowest BCUT2D eigenvalue weighted by molar-refractivity contribution is -0.145. The SMILES string of the molecule is CN(C)C(=O)CN1C(=O)[C@@H]2CC[C@H]1CN(c1nc(-c3ccccc3)no1)C2. The highest BCUT2D eigenvalue weighted by atomic mass is 16.5. The number of hydrogen-bond acceptors (Lipinski definition) is 6. The van der Waals surface area contributed by atoms with E-state index < -0.39 is 0 Å². The highest BCUT2D eigenvalue weighted by molar-refractivity contribution is 5.87.